The van der Waals surface area contributed by atoms with E-state index < -0.39 is 0 Å². The smallest absolute Gasteiger partial charge is 0.239 e. The summed E-state index contributed by atoms with van der Waals surface area (Å²) in [4.78, 5) is 24.9. The first-order valence-corrected chi connectivity index (χ1v) is 6.43. The van der Waals surface area contributed by atoms with Crippen LogP contribution < -0.4 is 10.6 Å². The normalized spacial score (nSPS) is 16.8. The summed E-state index contributed by atoms with van der Waals surface area (Å²) < 4.78 is 0. The fourth-order valence-corrected chi connectivity index (χ4v) is 1.93. The van der Waals surface area contributed by atoms with Crippen molar-refractivity contribution in [1.82, 2.24) is 15.5 Å². The molecule has 1 heterocycles. The van der Waals surface area contributed by atoms with Gasteiger partial charge in [-0.25, -0.2) is 0 Å². The molecule has 0 saturated carbocycles. The van der Waals surface area contributed by atoms with Gasteiger partial charge in [0.15, 0.2) is 0 Å². The lowest BCUT2D eigenvalue weighted by molar-refractivity contribution is -0.135. The Hall–Kier alpha value is -1.10. The Morgan fingerprint density at radius 3 is 2.88 bits per heavy atom. The van der Waals surface area contributed by atoms with Gasteiger partial charge < -0.3 is 15.5 Å². The Morgan fingerprint density at radius 2 is 2.12 bits per heavy atom. The Labute approximate surface area is 103 Å². The van der Waals surface area contributed by atoms with E-state index in [0.717, 1.165) is 38.8 Å². The Morgan fingerprint density at radius 1 is 1.29 bits per heavy atom. The summed E-state index contributed by atoms with van der Waals surface area (Å²) in [6.45, 7) is 2.51. The number of hydrogen-bond acceptors (Lipinski definition) is 3. The minimum absolute atomic E-state index is 0.0450. The Bertz CT molecular complexity index is 256. The average molecular weight is 241 g/mol. The fraction of sp³-hybridized carbons (Fsp3) is 0.833. The summed E-state index contributed by atoms with van der Waals surface area (Å²) in [6, 6.07) is 0. The highest BCUT2D eigenvalue weighted by molar-refractivity contribution is 5.84. The second-order valence-corrected chi connectivity index (χ2v) is 4.43. The molecule has 0 radical (unpaired) electrons. The van der Waals surface area contributed by atoms with Crippen LogP contribution in [0.3, 0.4) is 0 Å². The summed E-state index contributed by atoms with van der Waals surface area (Å²) in [5, 5.41) is 5.86. The maximum absolute atomic E-state index is 11.7. The number of nitrogens with one attached hydrogen (secondary N) is 2. The predicted octanol–water partition coefficient (Wildman–Crippen LogP) is 0.115. The molecule has 0 aliphatic carbocycles. The van der Waals surface area contributed by atoms with Crippen molar-refractivity contribution in [3.05, 3.63) is 0 Å². The molecule has 1 saturated heterocycles. The molecule has 0 unspecified atom stereocenters. The van der Waals surface area contributed by atoms with Crippen LogP contribution >= 0.6 is 0 Å². The maximum Gasteiger partial charge on any atom is 0.239 e. The van der Waals surface area contributed by atoms with Gasteiger partial charge in [0.25, 0.3) is 0 Å². The molecule has 0 aromatic rings. The van der Waals surface area contributed by atoms with E-state index in [0.29, 0.717) is 13.0 Å². The first-order valence-electron chi connectivity index (χ1n) is 6.43. The summed E-state index contributed by atoms with van der Waals surface area (Å²) >= 11 is 0. The minimum Gasteiger partial charge on any atom is -0.355 e. The summed E-state index contributed by atoms with van der Waals surface area (Å²) in [5.41, 5.74) is 0. The molecule has 17 heavy (non-hydrogen) atoms. The fourth-order valence-electron chi connectivity index (χ4n) is 1.93. The van der Waals surface area contributed by atoms with Gasteiger partial charge in [-0.05, 0) is 32.9 Å². The van der Waals surface area contributed by atoms with Crippen molar-refractivity contribution >= 4 is 11.8 Å². The van der Waals surface area contributed by atoms with Gasteiger partial charge in [-0.2, -0.15) is 0 Å². The van der Waals surface area contributed by atoms with E-state index in [2.05, 4.69) is 10.6 Å². The number of nitrogens with zero attached hydrogens (tertiary/aromatic N) is 1. The average Bonchev–Trinajstić information content (AvgIpc) is 2.51. The molecule has 5 heteroatoms. The van der Waals surface area contributed by atoms with Gasteiger partial charge >= 0.3 is 0 Å². The molecule has 0 aromatic heterocycles. The van der Waals surface area contributed by atoms with E-state index in [4.69, 9.17) is 0 Å². The zero-order chi connectivity index (χ0) is 12.5. The molecule has 0 spiro atoms. The molecule has 2 N–H and O–H groups in total. The van der Waals surface area contributed by atoms with E-state index in [1.807, 2.05) is 7.05 Å². The molecule has 5 nitrogen and oxygen atoms in total. The molecular weight excluding hydrogens is 218 g/mol. The second-order valence-electron chi connectivity index (χ2n) is 4.43. The first-order chi connectivity index (χ1) is 8.24. The highest BCUT2D eigenvalue weighted by atomic mass is 16.2. The standard InChI is InChI=1S/C12H23N3O2/c1-13-7-5-8-14-11(16)10-15-9-4-2-3-6-12(15)17/h13H,2-10H2,1H3,(H,14,16). The van der Waals surface area contributed by atoms with Crippen molar-refractivity contribution in [2.24, 2.45) is 0 Å². The number of carbonyl (C=O) groups excluding carboxylic acids is 2. The third-order valence-electron chi connectivity index (χ3n) is 2.93. The van der Waals surface area contributed by atoms with Crippen LogP contribution in [0.25, 0.3) is 0 Å². The maximum atomic E-state index is 11.7. The number of hydrogen-bond donors (Lipinski definition) is 2. The zero-order valence-corrected chi connectivity index (χ0v) is 10.6. The lowest BCUT2D eigenvalue weighted by Crippen LogP contribution is -2.41. The van der Waals surface area contributed by atoms with Gasteiger partial charge in [-0.3, -0.25) is 9.59 Å². The lowest BCUT2D eigenvalue weighted by Gasteiger charge is -2.19. The van der Waals surface area contributed by atoms with Crippen molar-refractivity contribution in [3.8, 4) is 0 Å². The van der Waals surface area contributed by atoms with E-state index in [-0.39, 0.29) is 18.4 Å². The van der Waals surface area contributed by atoms with Crippen LogP contribution in [0.2, 0.25) is 0 Å². The third-order valence-corrected chi connectivity index (χ3v) is 2.93. The van der Waals surface area contributed by atoms with Gasteiger partial charge in [-0.1, -0.05) is 6.42 Å². The largest absolute Gasteiger partial charge is 0.355 e. The molecule has 2 amide bonds. The highest BCUT2D eigenvalue weighted by Crippen LogP contribution is 2.10. The zero-order valence-electron chi connectivity index (χ0n) is 10.6. The van der Waals surface area contributed by atoms with Gasteiger partial charge in [0.2, 0.25) is 11.8 Å². The van der Waals surface area contributed by atoms with Crippen LogP contribution in [0.4, 0.5) is 0 Å². The number of carbonyl (C=O) groups is 2. The Balaban J connectivity index is 2.21. The molecule has 1 fully saturated rings. The second kappa shape index (κ2) is 8.06. The van der Waals surface area contributed by atoms with Gasteiger partial charge in [-0.15, -0.1) is 0 Å². The van der Waals surface area contributed by atoms with Crippen LogP contribution in [0.5, 0.6) is 0 Å². The predicted molar refractivity (Wildman–Crippen MR) is 66.6 cm³/mol. The third kappa shape index (κ3) is 5.68. The van der Waals surface area contributed by atoms with Crippen LogP contribution in [-0.2, 0) is 9.59 Å². The molecule has 0 atom stereocenters. The minimum atomic E-state index is -0.0450. The summed E-state index contributed by atoms with van der Waals surface area (Å²) in [7, 11) is 1.89. The number of amides is 2. The van der Waals surface area contributed by atoms with Crippen LogP contribution in [-0.4, -0.2) is 49.9 Å². The van der Waals surface area contributed by atoms with Crippen molar-refractivity contribution < 1.29 is 9.59 Å². The molecular formula is C12H23N3O2. The molecule has 1 aliphatic rings. The van der Waals surface area contributed by atoms with E-state index in [1.54, 1.807) is 4.90 Å². The van der Waals surface area contributed by atoms with E-state index in [9.17, 15) is 9.59 Å². The quantitative estimate of drug-likeness (QED) is 0.649. The van der Waals surface area contributed by atoms with E-state index >= 15 is 0 Å². The molecule has 98 valence electrons. The lowest BCUT2D eigenvalue weighted by atomic mass is 10.2. The highest BCUT2D eigenvalue weighted by Gasteiger charge is 2.18. The van der Waals surface area contributed by atoms with Crippen LogP contribution in [0.15, 0.2) is 0 Å². The molecule has 1 aliphatic heterocycles. The number of likely N-dealkylation sites (tertiary alicyclic amines) is 1. The van der Waals surface area contributed by atoms with Crippen molar-refractivity contribution in [3.63, 3.8) is 0 Å². The van der Waals surface area contributed by atoms with Gasteiger partial charge in [0.1, 0.15) is 0 Å². The van der Waals surface area contributed by atoms with Gasteiger partial charge in [0, 0.05) is 19.5 Å². The Kier molecular flexibility index (Phi) is 6.62. The van der Waals surface area contributed by atoms with Crippen molar-refractivity contribution in [2.75, 3.05) is 33.2 Å². The van der Waals surface area contributed by atoms with Crippen LogP contribution in [0, 0.1) is 0 Å². The topological polar surface area (TPSA) is 61.4 Å². The molecule has 0 aromatic carbocycles. The summed E-state index contributed by atoms with van der Waals surface area (Å²) in [5.74, 6) is 0.0734. The monoisotopic (exact) mass is 241 g/mol. The van der Waals surface area contributed by atoms with Crippen molar-refractivity contribution in [1.29, 1.82) is 0 Å². The molecule has 0 bridgehead atoms. The van der Waals surface area contributed by atoms with Crippen molar-refractivity contribution in [2.45, 2.75) is 32.1 Å². The van der Waals surface area contributed by atoms with Gasteiger partial charge in [0.05, 0.1) is 6.54 Å². The SMILES string of the molecule is CNCCCNC(=O)CN1CCCCCC1=O. The number of rotatable bonds is 6. The summed E-state index contributed by atoms with van der Waals surface area (Å²) in [6.07, 6.45) is 4.56. The van der Waals surface area contributed by atoms with E-state index in [1.165, 1.54) is 0 Å². The first kappa shape index (κ1) is 14.0. The molecule has 1 rings (SSSR count). The van der Waals surface area contributed by atoms with Crippen LogP contribution in [0.1, 0.15) is 32.1 Å².